The average molecular weight is 317 g/mol. The van der Waals surface area contributed by atoms with Gasteiger partial charge in [0.25, 0.3) is 0 Å². The molecule has 0 amide bonds. The molecule has 0 fully saturated rings. The van der Waals surface area contributed by atoms with E-state index in [1.54, 1.807) is 12.1 Å². The summed E-state index contributed by atoms with van der Waals surface area (Å²) in [5.41, 5.74) is 3.93. The number of nitriles is 1. The Morgan fingerprint density at radius 1 is 1.17 bits per heavy atom. The van der Waals surface area contributed by atoms with Crippen molar-refractivity contribution in [3.8, 4) is 17.3 Å². The summed E-state index contributed by atoms with van der Waals surface area (Å²) in [4.78, 5) is 0. The topological polar surface area (TPSA) is 40.8 Å². The molecule has 2 aromatic heterocycles. The van der Waals surface area contributed by atoms with Crippen molar-refractivity contribution >= 4 is 21.9 Å². The number of hydrogen-bond acceptors (Lipinski definition) is 2. The Labute approximate surface area is 138 Å². The lowest BCUT2D eigenvalue weighted by atomic mass is 9.94. The Morgan fingerprint density at radius 2 is 2.00 bits per heavy atom. The van der Waals surface area contributed by atoms with Gasteiger partial charge in [-0.2, -0.15) is 5.26 Å². The van der Waals surface area contributed by atoms with Gasteiger partial charge in [-0.1, -0.05) is 12.1 Å². The molecule has 0 aliphatic rings. The third-order valence-electron chi connectivity index (χ3n) is 4.36. The molecule has 0 bridgehead atoms. The van der Waals surface area contributed by atoms with E-state index < -0.39 is 5.82 Å². The van der Waals surface area contributed by atoms with Crippen molar-refractivity contribution < 1.29 is 13.4 Å². The molecule has 4 heteroatoms. The van der Waals surface area contributed by atoms with E-state index in [0.29, 0.717) is 21.9 Å². The molecule has 0 aliphatic carbocycles. The fourth-order valence-corrected chi connectivity index (χ4v) is 3.28. The number of fused-ring (bicyclic) bond motifs is 3. The van der Waals surface area contributed by atoms with Gasteiger partial charge in [-0.3, -0.25) is 0 Å². The minimum absolute atomic E-state index is 0.193. The number of halogens is 1. The van der Waals surface area contributed by atoms with Gasteiger partial charge >= 0.3 is 0 Å². The Bertz CT molecular complexity index is 1150. The Balaban J connectivity index is 2.22. The number of benzene rings is 2. The first-order chi connectivity index (χ1) is 11.6. The van der Waals surface area contributed by atoms with Crippen LogP contribution in [-0.4, -0.2) is 0 Å². The van der Waals surface area contributed by atoms with Crippen LogP contribution in [-0.2, 0) is 7.05 Å². The van der Waals surface area contributed by atoms with Crippen LogP contribution >= 0.6 is 0 Å². The van der Waals surface area contributed by atoms with Crippen LogP contribution in [0.5, 0.6) is 0 Å². The van der Waals surface area contributed by atoms with E-state index in [1.807, 2.05) is 49.0 Å². The lowest BCUT2D eigenvalue weighted by molar-refractivity contribution is -0.660. The number of rotatable bonds is 1. The molecule has 0 saturated heterocycles. The van der Waals surface area contributed by atoms with Crippen LogP contribution in [0.25, 0.3) is 33.2 Å². The smallest absolute Gasteiger partial charge is 0.213 e. The number of pyridine rings is 1. The average Bonchev–Trinajstić information content (AvgIpc) is 2.94. The number of aryl methyl sites for hydroxylation is 2. The van der Waals surface area contributed by atoms with E-state index in [0.717, 1.165) is 16.8 Å². The molecule has 2 heterocycles. The maximum absolute atomic E-state index is 14.1. The van der Waals surface area contributed by atoms with Gasteiger partial charge < -0.3 is 4.42 Å². The number of para-hydroxylation sites is 1. The van der Waals surface area contributed by atoms with E-state index in [1.165, 1.54) is 6.07 Å². The summed E-state index contributed by atoms with van der Waals surface area (Å²) in [7, 11) is 1.94. The zero-order valence-electron chi connectivity index (χ0n) is 13.3. The summed E-state index contributed by atoms with van der Waals surface area (Å²) in [6.07, 6.45) is 1.94. The van der Waals surface area contributed by atoms with Gasteiger partial charge in [0.2, 0.25) is 5.69 Å². The summed E-state index contributed by atoms with van der Waals surface area (Å²) in [6.45, 7) is 1.94. The molecular weight excluding hydrogens is 303 g/mol. The SMILES string of the molecule is Cc1cc2oc3c(F)cccc3c2c(C#N)c1-c1cccc[n+]1C. The van der Waals surface area contributed by atoms with Crippen LogP contribution in [0, 0.1) is 24.1 Å². The summed E-state index contributed by atoms with van der Waals surface area (Å²) in [5.74, 6) is -0.419. The van der Waals surface area contributed by atoms with Crippen LogP contribution < -0.4 is 4.57 Å². The molecule has 0 radical (unpaired) electrons. The number of furan rings is 1. The highest BCUT2D eigenvalue weighted by molar-refractivity contribution is 6.10. The minimum atomic E-state index is -0.419. The van der Waals surface area contributed by atoms with Gasteiger partial charge in [-0.15, -0.1) is 0 Å². The Hall–Kier alpha value is -3.19. The van der Waals surface area contributed by atoms with Gasteiger partial charge in [0.05, 0.1) is 11.1 Å². The lowest BCUT2D eigenvalue weighted by Gasteiger charge is -2.07. The molecule has 3 nitrogen and oxygen atoms in total. The number of hydrogen-bond donors (Lipinski definition) is 0. The van der Waals surface area contributed by atoms with Gasteiger partial charge in [-0.25, -0.2) is 8.96 Å². The fourth-order valence-electron chi connectivity index (χ4n) is 3.28. The minimum Gasteiger partial charge on any atom is -0.453 e. The second kappa shape index (κ2) is 5.17. The molecule has 2 aromatic carbocycles. The molecule has 4 aromatic rings. The normalized spacial score (nSPS) is 11.1. The van der Waals surface area contributed by atoms with Gasteiger partial charge in [0.1, 0.15) is 18.7 Å². The second-order valence-electron chi connectivity index (χ2n) is 5.84. The van der Waals surface area contributed by atoms with Crippen LogP contribution in [0.1, 0.15) is 11.1 Å². The first-order valence-electron chi connectivity index (χ1n) is 7.61. The van der Waals surface area contributed by atoms with Crippen LogP contribution in [0.3, 0.4) is 0 Å². The van der Waals surface area contributed by atoms with E-state index in [-0.39, 0.29) is 5.58 Å². The van der Waals surface area contributed by atoms with Crippen molar-refractivity contribution in [3.63, 3.8) is 0 Å². The third kappa shape index (κ3) is 1.92. The summed E-state index contributed by atoms with van der Waals surface area (Å²) >= 11 is 0. The molecule has 116 valence electrons. The molecular formula is C20H14FN2O+. The second-order valence-corrected chi connectivity index (χ2v) is 5.84. The molecule has 0 N–H and O–H groups in total. The molecule has 0 unspecified atom stereocenters. The summed E-state index contributed by atoms with van der Waals surface area (Å²) < 4.78 is 21.7. The first-order valence-corrected chi connectivity index (χ1v) is 7.61. The summed E-state index contributed by atoms with van der Waals surface area (Å²) in [6, 6.07) is 14.8. The molecule has 0 saturated carbocycles. The monoisotopic (exact) mass is 317 g/mol. The highest BCUT2D eigenvalue weighted by Gasteiger charge is 2.23. The van der Waals surface area contributed by atoms with E-state index in [9.17, 15) is 9.65 Å². The molecule has 4 rings (SSSR count). The van der Waals surface area contributed by atoms with Crippen LogP contribution in [0.2, 0.25) is 0 Å². The van der Waals surface area contributed by atoms with Crippen molar-refractivity contribution in [2.75, 3.05) is 0 Å². The van der Waals surface area contributed by atoms with Gasteiger partial charge in [0, 0.05) is 22.9 Å². The fraction of sp³-hybridized carbons (Fsp3) is 0.100. The molecule has 0 atom stereocenters. The van der Waals surface area contributed by atoms with Crippen LogP contribution in [0.4, 0.5) is 4.39 Å². The lowest BCUT2D eigenvalue weighted by Crippen LogP contribution is -2.30. The van der Waals surface area contributed by atoms with Crippen molar-refractivity contribution in [1.82, 2.24) is 0 Å². The number of nitrogens with zero attached hydrogens (tertiary/aromatic N) is 2. The predicted molar refractivity (Wildman–Crippen MR) is 89.7 cm³/mol. The standard InChI is InChI=1S/C20H14FN2O/c1-12-10-17-19(13-6-5-7-15(21)20(13)24-17)14(11-22)18(12)16-8-3-4-9-23(16)2/h3-10H,1-2H3/q+1. The first kappa shape index (κ1) is 14.4. The molecule has 0 aliphatic heterocycles. The van der Waals surface area contributed by atoms with E-state index in [2.05, 4.69) is 6.07 Å². The largest absolute Gasteiger partial charge is 0.453 e. The molecule has 24 heavy (non-hydrogen) atoms. The van der Waals surface area contributed by atoms with Crippen molar-refractivity contribution in [3.05, 3.63) is 65.6 Å². The van der Waals surface area contributed by atoms with Gasteiger partial charge in [-0.05, 0) is 30.7 Å². The zero-order chi connectivity index (χ0) is 16.8. The molecule has 0 spiro atoms. The quantitative estimate of drug-likeness (QED) is 0.488. The van der Waals surface area contributed by atoms with Crippen molar-refractivity contribution in [2.24, 2.45) is 7.05 Å². The zero-order valence-corrected chi connectivity index (χ0v) is 13.3. The highest BCUT2D eigenvalue weighted by atomic mass is 19.1. The van der Waals surface area contributed by atoms with Crippen molar-refractivity contribution in [2.45, 2.75) is 6.92 Å². The van der Waals surface area contributed by atoms with Gasteiger partial charge in [0.15, 0.2) is 17.6 Å². The van der Waals surface area contributed by atoms with Crippen molar-refractivity contribution in [1.29, 1.82) is 5.26 Å². The Morgan fingerprint density at radius 3 is 2.75 bits per heavy atom. The third-order valence-corrected chi connectivity index (χ3v) is 4.36. The highest BCUT2D eigenvalue weighted by Crippen LogP contribution is 2.38. The van der Waals surface area contributed by atoms with E-state index in [4.69, 9.17) is 4.42 Å². The predicted octanol–water partition coefficient (Wildman–Crippen LogP) is 4.40. The number of aromatic nitrogens is 1. The van der Waals surface area contributed by atoms with E-state index >= 15 is 0 Å². The van der Waals surface area contributed by atoms with Crippen LogP contribution in [0.15, 0.2) is 53.1 Å². The summed E-state index contributed by atoms with van der Waals surface area (Å²) in [5, 5.41) is 11.1. The Kier molecular flexibility index (Phi) is 3.10. The maximum Gasteiger partial charge on any atom is 0.213 e. The maximum atomic E-state index is 14.1.